The number of nitrogens with zero attached hydrogens (tertiary/aromatic N) is 2. The highest BCUT2D eigenvalue weighted by Crippen LogP contribution is 2.45. The zero-order chi connectivity index (χ0) is 18.5. The summed E-state index contributed by atoms with van der Waals surface area (Å²) in [4.78, 5) is 0. The van der Waals surface area contributed by atoms with Crippen LogP contribution in [0.5, 0.6) is 5.88 Å². The van der Waals surface area contributed by atoms with E-state index in [9.17, 15) is 5.26 Å². The second-order valence-electron chi connectivity index (χ2n) is 7.60. The monoisotopic (exact) mass is 344 g/mol. The third-order valence-electron chi connectivity index (χ3n) is 4.80. The number of rotatable bonds is 1. The second-order valence-corrected chi connectivity index (χ2v) is 7.60. The van der Waals surface area contributed by atoms with E-state index in [-0.39, 0.29) is 17.2 Å². The molecule has 1 aliphatic heterocycles. The van der Waals surface area contributed by atoms with Crippen LogP contribution < -0.4 is 10.5 Å². The van der Waals surface area contributed by atoms with E-state index in [1.807, 2.05) is 18.2 Å². The topological polar surface area (TPSA) is 87.7 Å². The smallest absolute Gasteiger partial charge is 0.244 e. The maximum absolute atomic E-state index is 9.76. The number of nitriles is 1. The summed E-state index contributed by atoms with van der Waals surface area (Å²) >= 11 is 0. The average molecular weight is 344 g/mol. The molecule has 5 heteroatoms. The summed E-state index contributed by atoms with van der Waals surface area (Å²) in [6, 6.07) is 16.6. The minimum atomic E-state index is -0.304. The average Bonchev–Trinajstić information content (AvgIpc) is 3.03. The molecule has 4 rings (SSSR count). The molecule has 0 bridgehead atoms. The Morgan fingerprint density at radius 2 is 1.88 bits per heavy atom. The third kappa shape index (κ3) is 2.42. The first kappa shape index (κ1) is 16.2. The molecule has 1 atom stereocenters. The number of hydrogen-bond donors (Lipinski definition) is 2. The molecule has 2 aromatic carbocycles. The molecule has 0 amide bonds. The highest BCUT2D eigenvalue weighted by molar-refractivity contribution is 5.83. The van der Waals surface area contributed by atoms with Crippen molar-refractivity contribution in [3.63, 3.8) is 0 Å². The van der Waals surface area contributed by atoms with Gasteiger partial charge in [0.2, 0.25) is 11.8 Å². The fourth-order valence-corrected chi connectivity index (χ4v) is 3.54. The van der Waals surface area contributed by atoms with E-state index in [2.05, 4.69) is 61.3 Å². The van der Waals surface area contributed by atoms with Crippen LogP contribution >= 0.6 is 0 Å². The van der Waals surface area contributed by atoms with Crippen molar-refractivity contribution in [1.29, 1.82) is 5.26 Å². The molecule has 5 nitrogen and oxygen atoms in total. The lowest BCUT2D eigenvalue weighted by molar-refractivity contribution is 0.378. The first-order valence-electron chi connectivity index (χ1n) is 8.55. The van der Waals surface area contributed by atoms with Crippen molar-refractivity contribution in [2.24, 2.45) is 5.73 Å². The highest BCUT2D eigenvalue weighted by atomic mass is 16.5. The van der Waals surface area contributed by atoms with Gasteiger partial charge in [-0.3, -0.25) is 5.10 Å². The maximum Gasteiger partial charge on any atom is 0.244 e. The number of aromatic amines is 1. The number of nitrogens with one attached hydrogen (secondary N) is 1. The van der Waals surface area contributed by atoms with Gasteiger partial charge in [0.15, 0.2) is 0 Å². The summed E-state index contributed by atoms with van der Waals surface area (Å²) in [7, 11) is 0. The SMILES string of the molecule is CC(C)(C)c1[nH]nc2c1C(c1ccc3ccccc3c1)C(C#N)=C(N)O2. The molecule has 1 aliphatic rings. The van der Waals surface area contributed by atoms with Crippen molar-refractivity contribution >= 4 is 10.8 Å². The Morgan fingerprint density at radius 3 is 2.58 bits per heavy atom. The standard InChI is InChI=1S/C21H20N4O/c1-21(2,3)18-17-16(15(11-22)19(23)26-20(17)25-24-18)14-9-8-12-6-4-5-7-13(12)10-14/h4-10,16H,23H2,1-3H3,(H,24,25). The third-order valence-corrected chi connectivity index (χ3v) is 4.80. The number of aromatic nitrogens is 2. The molecule has 130 valence electrons. The van der Waals surface area contributed by atoms with Crippen LogP contribution in [0.15, 0.2) is 53.9 Å². The molecule has 0 spiro atoms. The predicted octanol–water partition coefficient (Wildman–Crippen LogP) is 4.08. The lowest BCUT2D eigenvalue weighted by atomic mass is 9.78. The van der Waals surface area contributed by atoms with E-state index >= 15 is 0 Å². The van der Waals surface area contributed by atoms with E-state index < -0.39 is 0 Å². The van der Waals surface area contributed by atoms with Crippen LogP contribution in [-0.2, 0) is 5.41 Å². The Labute approximate surface area is 152 Å². The summed E-state index contributed by atoms with van der Waals surface area (Å²) < 4.78 is 5.64. The number of hydrogen-bond acceptors (Lipinski definition) is 4. The van der Waals surface area contributed by atoms with Gasteiger partial charge >= 0.3 is 0 Å². The molecular weight excluding hydrogens is 324 g/mol. The zero-order valence-corrected chi connectivity index (χ0v) is 15.0. The molecular formula is C21H20N4O. The quantitative estimate of drug-likeness (QED) is 0.696. The van der Waals surface area contributed by atoms with Crippen LogP contribution in [0.25, 0.3) is 10.8 Å². The summed E-state index contributed by atoms with van der Waals surface area (Å²) in [5.74, 6) is 0.260. The van der Waals surface area contributed by atoms with Gasteiger partial charge in [0, 0.05) is 11.1 Å². The molecule has 0 aliphatic carbocycles. The predicted molar refractivity (Wildman–Crippen MR) is 101 cm³/mol. The normalized spacial score (nSPS) is 16.9. The van der Waals surface area contributed by atoms with Crippen LogP contribution in [0.3, 0.4) is 0 Å². The van der Waals surface area contributed by atoms with Crippen LogP contribution in [0.4, 0.5) is 0 Å². The van der Waals surface area contributed by atoms with E-state index in [1.54, 1.807) is 0 Å². The molecule has 3 N–H and O–H groups in total. The molecule has 0 saturated carbocycles. The second kappa shape index (κ2) is 5.63. The van der Waals surface area contributed by atoms with Gasteiger partial charge in [0.05, 0.1) is 11.5 Å². The first-order chi connectivity index (χ1) is 12.4. The van der Waals surface area contributed by atoms with Gasteiger partial charge < -0.3 is 10.5 Å². The summed E-state index contributed by atoms with van der Waals surface area (Å²) in [6.07, 6.45) is 0. The molecule has 26 heavy (non-hydrogen) atoms. The van der Waals surface area contributed by atoms with Gasteiger partial charge in [-0.05, 0) is 16.3 Å². The van der Waals surface area contributed by atoms with Gasteiger partial charge in [-0.25, -0.2) is 0 Å². The molecule has 0 fully saturated rings. The van der Waals surface area contributed by atoms with Gasteiger partial charge in [-0.1, -0.05) is 63.2 Å². The van der Waals surface area contributed by atoms with Crippen molar-refractivity contribution in [1.82, 2.24) is 10.2 Å². The molecule has 1 aromatic heterocycles. The van der Waals surface area contributed by atoms with Crippen LogP contribution in [0.1, 0.15) is 43.5 Å². The van der Waals surface area contributed by atoms with Crippen molar-refractivity contribution < 1.29 is 4.74 Å². The fourth-order valence-electron chi connectivity index (χ4n) is 3.54. The van der Waals surface area contributed by atoms with Crippen molar-refractivity contribution in [3.8, 4) is 11.9 Å². The van der Waals surface area contributed by atoms with Gasteiger partial charge in [-0.15, -0.1) is 5.10 Å². The number of ether oxygens (including phenoxy) is 1. The number of benzene rings is 2. The van der Waals surface area contributed by atoms with E-state index in [0.717, 1.165) is 27.6 Å². The molecule has 1 unspecified atom stereocenters. The lowest BCUT2D eigenvalue weighted by Crippen LogP contribution is -2.23. The minimum absolute atomic E-state index is 0.116. The first-order valence-corrected chi connectivity index (χ1v) is 8.55. The zero-order valence-electron chi connectivity index (χ0n) is 15.0. The lowest BCUT2D eigenvalue weighted by Gasteiger charge is -2.27. The van der Waals surface area contributed by atoms with Crippen molar-refractivity contribution in [3.05, 3.63) is 70.7 Å². The molecule has 0 radical (unpaired) electrons. The number of H-pyrrole nitrogens is 1. The fraction of sp³-hybridized carbons (Fsp3) is 0.238. The summed E-state index contributed by atoms with van der Waals surface area (Å²) in [5.41, 5.74) is 9.12. The summed E-state index contributed by atoms with van der Waals surface area (Å²) in [6.45, 7) is 6.31. The van der Waals surface area contributed by atoms with Gasteiger partial charge in [-0.2, -0.15) is 5.26 Å². The Bertz CT molecular complexity index is 1080. The Balaban J connectivity index is 1.98. The Kier molecular flexibility index (Phi) is 3.52. The van der Waals surface area contributed by atoms with Gasteiger partial charge in [0.1, 0.15) is 11.6 Å². The number of fused-ring (bicyclic) bond motifs is 2. The molecule has 3 aromatic rings. The van der Waals surface area contributed by atoms with Crippen molar-refractivity contribution in [2.75, 3.05) is 0 Å². The van der Waals surface area contributed by atoms with E-state index in [1.165, 1.54) is 0 Å². The van der Waals surface area contributed by atoms with Crippen LogP contribution in [0, 0.1) is 11.3 Å². The van der Waals surface area contributed by atoms with E-state index in [4.69, 9.17) is 10.5 Å². The number of nitrogens with two attached hydrogens (primary N) is 1. The highest BCUT2D eigenvalue weighted by Gasteiger charge is 2.37. The summed E-state index contributed by atoms with van der Waals surface area (Å²) in [5, 5.41) is 19.4. The Morgan fingerprint density at radius 1 is 1.15 bits per heavy atom. The number of allylic oxidation sites excluding steroid dienone is 1. The maximum atomic E-state index is 9.76. The van der Waals surface area contributed by atoms with Gasteiger partial charge in [0.25, 0.3) is 0 Å². The van der Waals surface area contributed by atoms with Crippen LogP contribution in [0.2, 0.25) is 0 Å². The largest absolute Gasteiger partial charge is 0.420 e. The minimum Gasteiger partial charge on any atom is -0.420 e. The Hall–Kier alpha value is -3.26. The molecule has 0 saturated heterocycles. The van der Waals surface area contributed by atoms with E-state index in [0.29, 0.717) is 11.5 Å². The van der Waals surface area contributed by atoms with Crippen molar-refractivity contribution in [2.45, 2.75) is 32.1 Å². The van der Waals surface area contributed by atoms with Crippen LogP contribution in [-0.4, -0.2) is 10.2 Å². The molecule has 2 heterocycles.